The molecule has 0 spiro atoms. The number of Topliss-reactive ketones (excluding diaryl/α,β-unsaturated/α-hetero) is 1. The molecule has 0 aromatic heterocycles. The van der Waals surface area contributed by atoms with Gasteiger partial charge in [0.05, 0.1) is 6.54 Å². The number of rotatable bonds is 5. The normalized spacial score (nSPS) is 10.0. The second kappa shape index (κ2) is 7.04. The molecule has 2 aromatic rings. The molecule has 0 unspecified atom stereocenters. The molecular formula is C16H15BrN2O2. The lowest BCUT2D eigenvalue weighted by molar-refractivity contribution is -0.114. The highest BCUT2D eigenvalue weighted by molar-refractivity contribution is 9.10. The van der Waals surface area contributed by atoms with Crippen molar-refractivity contribution in [1.82, 2.24) is 0 Å². The van der Waals surface area contributed by atoms with E-state index in [1.807, 2.05) is 30.3 Å². The maximum atomic E-state index is 11.8. The van der Waals surface area contributed by atoms with E-state index in [4.69, 9.17) is 0 Å². The maximum Gasteiger partial charge on any atom is 0.243 e. The van der Waals surface area contributed by atoms with E-state index in [0.717, 1.165) is 15.8 Å². The summed E-state index contributed by atoms with van der Waals surface area (Å²) in [5.74, 6) is -0.150. The second-order valence-electron chi connectivity index (χ2n) is 4.55. The van der Waals surface area contributed by atoms with E-state index in [1.165, 1.54) is 6.92 Å². The molecule has 2 N–H and O–H groups in total. The Hall–Kier alpha value is -2.14. The number of benzene rings is 2. The third kappa shape index (κ3) is 4.72. The molecule has 1 amide bonds. The summed E-state index contributed by atoms with van der Waals surface area (Å²) in [4.78, 5) is 23.1. The Labute approximate surface area is 131 Å². The van der Waals surface area contributed by atoms with Crippen LogP contribution >= 0.6 is 15.9 Å². The molecule has 0 heterocycles. The first-order valence-corrected chi connectivity index (χ1v) is 7.24. The van der Waals surface area contributed by atoms with Gasteiger partial charge in [0.2, 0.25) is 5.91 Å². The van der Waals surface area contributed by atoms with Crippen LogP contribution in [0.4, 0.5) is 11.4 Å². The van der Waals surface area contributed by atoms with Crippen molar-refractivity contribution in [3.05, 3.63) is 58.6 Å². The average Bonchev–Trinajstić information content (AvgIpc) is 2.48. The van der Waals surface area contributed by atoms with Crippen LogP contribution in [0.25, 0.3) is 0 Å². The standard InChI is InChI=1S/C16H15BrN2O2/c1-11(20)12-3-2-4-15(9-12)18-10-16(21)19-14-7-5-13(17)6-8-14/h2-9,18H,10H2,1H3,(H,19,21). The van der Waals surface area contributed by atoms with Crippen LogP contribution in [-0.2, 0) is 4.79 Å². The SMILES string of the molecule is CC(=O)c1cccc(NCC(=O)Nc2ccc(Br)cc2)c1. The Morgan fingerprint density at radius 3 is 2.43 bits per heavy atom. The van der Waals surface area contributed by atoms with Crippen LogP contribution in [0.15, 0.2) is 53.0 Å². The van der Waals surface area contributed by atoms with Crippen LogP contribution in [0.1, 0.15) is 17.3 Å². The molecule has 0 aliphatic rings. The summed E-state index contributed by atoms with van der Waals surface area (Å²) in [5.41, 5.74) is 2.10. The lowest BCUT2D eigenvalue weighted by Gasteiger charge is -2.08. The zero-order chi connectivity index (χ0) is 15.2. The summed E-state index contributed by atoms with van der Waals surface area (Å²) in [6, 6.07) is 14.4. The second-order valence-corrected chi connectivity index (χ2v) is 5.46. The van der Waals surface area contributed by atoms with Gasteiger partial charge < -0.3 is 10.6 Å². The average molecular weight is 347 g/mol. The number of amides is 1. The Kier molecular flexibility index (Phi) is 5.11. The molecular weight excluding hydrogens is 332 g/mol. The molecule has 4 nitrogen and oxygen atoms in total. The van der Waals surface area contributed by atoms with Gasteiger partial charge in [-0.1, -0.05) is 28.1 Å². The number of halogens is 1. The van der Waals surface area contributed by atoms with Gasteiger partial charge in [-0.25, -0.2) is 0 Å². The fraction of sp³-hybridized carbons (Fsp3) is 0.125. The van der Waals surface area contributed by atoms with Crippen LogP contribution in [-0.4, -0.2) is 18.2 Å². The quantitative estimate of drug-likeness (QED) is 0.811. The minimum absolute atomic E-state index is 0.00189. The monoisotopic (exact) mass is 346 g/mol. The van der Waals surface area contributed by atoms with Gasteiger partial charge in [-0.2, -0.15) is 0 Å². The molecule has 2 aromatic carbocycles. The zero-order valence-electron chi connectivity index (χ0n) is 11.5. The maximum absolute atomic E-state index is 11.8. The Morgan fingerprint density at radius 1 is 1.05 bits per heavy atom. The van der Waals surface area contributed by atoms with Crippen molar-refractivity contribution >= 4 is 39.0 Å². The van der Waals surface area contributed by atoms with Gasteiger partial charge in [-0.15, -0.1) is 0 Å². The number of hydrogen-bond donors (Lipinski definition) is 2. The fourth-order valence-electron chi connectivity index (χ4n) is 1.77. The predicted octanol–water partition coefficient (Wildman–Crippen LogP) is 3.70. The number of ketones is 1. The zero-order valence-corrected chi connectivity index (χ0v) is 13.1. The fourth-order valence-corrected chi connectivity index (χ4v) is 2.03. The van der Waals surface area contributed by atoms with Crippen LogP contribution in [0.3, 0.4) is 0 Å². The summed E-state index contributed by atoms with van der Waals surface area (Å²) in [7, 11) is 0. The van der Waals surface area contributed by atoms with Crippen LogP contribution in [0, 0.1) is 0 Å². The summed E-state index contributed by atoms with van der Waals surface area (Å²) >= 11 is 3.34. The Bertz CT molecular complexity index is 654. The molecule has 0 fully saturated rings. The predicted molar refractivity (Wildman–Crippen MR) is 87.7 cm³/mol. The van der Waals surface area contributed by atoms with E-state index in [-0.39, 0.29) is 18.2 Å². The highest BCUT2D eigenvalue weighted by Gasteiger charge is 2.04. The summed E-state index contributed by atoms with van der Waals surface area (Å²) in [6.45, 7) is 1.65. The van der Waals surface area contributed by atoms with Gasteiger partial charge in [-0.3, -0.25) is 9.59 Å². The minimum atomic E-state index is -0.148. The smallest absolute Gasteiger partial charge is 0.243 e. The number of nitrogens with one attached hydrogen (secondary N) is 2. The van der Waals surface area contributed by atoms with Gasteiger partial charge in [0, 0.05) is 21.4 Å². The van der Waals surface area contributed by atoms with Crippen molar-refractivity contribution in [3.8, 4) is 0 Å². The van der Waals surface area contributed by atoms with E-state index in [0.29, 0.717) is 5.56 Å². The lowest BCUT2D eigenvalue weighted by Crippen LogP contribution is -2.21. The molecule has 0 saturated carbocycles. The van der Waals surface area contributed by atoms with Gasteiger partial charge in [0.25, 0.3) is 0 Å². The van der Waals surface area contributed by atoms with Gasteiger partial charge in [0.15, 0.2) is 5.78 Å². The molecule has 0 bridgehead atoms. The van der Waals surface area contributed by atoms with Crippen molar-refractivity contribution in [3.63, 3.8) is 0 Å². The summed E-state index contributed by atoms with van der Waals surface area (Å²) in [6.07, 6.45) is 0. The number of carbonyl (C=O) groups excluding carboxylic acids is 2. The molecule has 2 rings (SSSR count). The molecule has 0 radical (unpaired) electrons. The van der Waals surface area contributed by atoms with Crippen molar-refractivity contribution in [1.29, 1.82) is 0 Å². The number of carbonyl (C=O) groups is 2. The summed E-state index contributed by atoms with van der Waals surface area (Å²) in [5, 5.41) is 5.79. The van der Waals surface area contributed by atoms with E-state index in [2.05, 4.69) is 26.6 Å². The Balaban J connectivity index is 1.90. The largest absolute Gasteiger partial charge is 0.376 e. The highest BCUT2D eigenvalue weighted by atomic mass is 79.9. The third-order valence-corrected chi connectivity index (χ3v) is 3.38. The van der Waals surface area contributed by atoms with E-state index >= 15 is 0 Å². The lowest BCUT2D eigenvalue weighted by atomic mass is 10.1. The van der Waals surface area contributed by atoms with Crippen molar-refractivity contribution in [2.45, 2.75) is 6.92 Å². The molecule has 0 aliphatic carbocycles. The molecule has 0 saturated heterocycles. The molecule has 0 aliphatic heterocycles. The van der Waals surface area contributed by atoms with Crippen molar-refractivity contribution in [2.24, 2.45) is 0 Å². The molecule has 0 atom stereocenters. The first-order valence-electron chi connectivity index (χ1n) is 6.45. The minimum Gasteiger partial charge on any atom is -0.376 e. The topological polar surface area (TPSA) is 58.2 Å². The van der Waals surface area contributed by atoms with Gasteiger partial charge in [-0.05, 0) is 43.3 Å². The molecule has 21 heavy (non-hydrogen) atoms. The van der Waals surface area contributed by atoms with Gasteiger partial charge in [0.1, 0.15) is 0 Å². The van der Waals surface area contributed by atoms with Crippen LogP contribution in [0.2, 0.25) is 0 Å². The van der Waals surface area contributed by atoms with E-state index in [1.54, 1.807) is 18.2 Å². The van der Waals surface area contributed by atoms with Crippen molar-refractivity contribution in [2.75, 3.05) is 17.2 Å². The van der Waals surface area contributed by atoms with Crippen LogP contribution < -0.4 is 10.6 Å². The van der Waals surface area contributed by atoms with Crippen LogP contribution in [0.5, 0.6) is 0 Å². The molecule has 108 valence electrons. The highest BCUT2D eigenvalue weighted by Crippen LogP contribution is 2.14. The third-order valence-electron chi connectivity index (χ3n) is 2.85. The van der Waals surface area contributed by atoms with Gasteiger partial charge >= 0.3 is 0 Å². The number of anilines is 2. The van der Waals surface area contributed by atoms with Crippen molar-refractivity contribution < 1.29 is 9.59 Å². The molecule has 5 heteroatoms. The first-order chi connectivity index (χ1) is 10.0. The number of hydrogen-bond acceptors (Lipinski definition) is 3. The first kappa shape index (κ1) is 15.3. The summed E-state index contributed by atoms with van der Waals surface area (Å²) < 4.78 is 0.958. The van der Waals surface area contributed by atoms with E-state index < -0.39 is 0 Å². The van der Waals surface area contributed by atoms with E-state index in [9.17, 15) is 9.59 Å². The Morgan fingerprint density at radius 2 is 1.76 bits per heavy atom.